The van der Waals surface area contributed by atoms with Crippen LogP contribution in [0.1, 0.15) is 26.3 Å². The second-order valence-corrected chi connectivity index (χ2v) is 4.25. The molecule has 1 rings (SSSR count). The molecule has 0 aliphatic heterocycles. The summed E-state index contributed by atoms with van der Waals surface area (Å²) in [6, 6.07) is 7.78. The second kappa shape index (κ2) is 6.87. The van der Waals surface area contributed by atoms with Gasteiger partial charge in [0.15, 0.2) is 17.6 Å². The molecule has 0 radical (unpaired) electrons. The van der Waals surface area contributed by atoms with Gasteiger partial charge in [-0.2, -0.15) is 5.26 Å². The molecule has 4 nitrogen and oxygen atoms in total. The van der Waals surface area contributed by atoms with Crippen molar-refractivity contribution < 1.29 is 9.47 Å². The Hall–Kier alpha value is -1.73. The van der Waals surface area contributed by atoms with E-state index in [9.17, 15) is 0 Å². The summed E-state index contributed by atoms with van der Waals surface area (Å²) in [6.07, 6.45) is 0.174. The number of hydrogen-bond donors (Lipinski definition) is 1. The van der Waals surface area contributed by atoms with E-state index in [1.807, 2.05) is 32.0 Å². The van der Waals surface area contributed by atoms with E-state index in [0.29, 0.717) is 24.5 Å². The molecule has 1 aromatic carbocycles. The maximum absolute atomic E-state index is 8.85. The Bertz CT molecular complexity index is 424. The van der Waals surface area contributed by atoms with E-state index in [4.69, 9.17) is 20.5 Å². The minimum absolute atomic E-state index is 0.0293. The van der Waals surface area contributed by atoms with Gasteiger partial charge in [0.05, 0.1) is 6.61 Å². The van der Waals surface area contributed by atoms with Gasteiger partial charge in [-0.15, -0.1) is 0 Å². The Morgan fingerprint density at radius 1 is 1.39 bits per heavy atom. The van der Waals surface area contributed by atoms with Crippen LogP contribution >= 0.6 is 0 Å². The highest BCUT2D eigenvalue weighted by Gasteiger charge is 2.14. The molecule has 2 unspecified atom stereocenters. The number of ether oxygens (including phenoxy) is 2. The van der Waals surface area contributed by atoms with Crippen LogP contribution in [0.4, 0.5) is 0 Å². The summed E-state index contributed by atoms with van der Waals surface area (Å²) in [5.74, 6) is 1.29. The molecule has 4 heteroatoms. The summed E-state index contributed by atoms with van der Waals surface area (Å²) in [7, 11) is 0. The van der Waals surface area contributed by atoms with Crippen LogP contribution in [0.15, 0.2) is 18.2 Å². The van der Waals surface area contributed by atoms with Gasteiger partial charge in [-0.25, -0.2) is 0 Å². The van der Waals surface area contributed by atoms with Crippen LogP contribution in [0.2, 0.25) is 0 Å². The lowest BCUT2D eigenvalue weighted by Gasteiger charge is -2.18. The number of rotatable bonds is 6. The van der Waals surface area contributed by atoms with Gasteiger partial charge in [0.1, 0.15) is 6.07 Å². The maximum atomic E-state index is 8.85. The fourth-order valence-electron chi connectivity index (χ4n) is 1.67. The Balaban J connectivity index is 3.08. The van der Waals surface area contributed by atoms with Gasteiger partial charge in [-0.1, -0.05) is 12.1 Å². The zero-order chi connectivity index (χ0) is 13.5. The van der Waals surface area contributed by atoms with Crippen molar-refractivity contribution in [3.63, 3.8) is 0 Å². The van der Waals surface area contributed by atoms with Crippen molar-refractivity contribution in [1.29, 1.82) is 5.26 Å². The van der Waals surface area contributed by atoms with Gasteiger partial charge in [0.2, 0.25) is 0 Å². The number of para-hydroxylation sites is 1. The lowest BCUT2D eigenvalue weighted by molar-refractivity contribution is 0.247. The fourth-order valence-corrected chi connectivity index (χ4v) is 1.67. The molecule has 1 aromatic rings. The van der Waals surface area contributed by atoms with Crippen LogP contribution < -0.4 is 15.2 Å². The van der Waals surface area contributed by atoms with Gasteiger partial charge in [-0.3, -0.25) is 0 Å². The van der Waals surface area contributed by atoms with E-state index < -0.39 is 6.10 Å². The molecular formula is C14H20N2O2. The van der Waals surface area contributed by atoms with Gasteiger partial charge < -0.3 is 15.2 Å². The average Bonchev–Trinajstić information content (AvgIpc) is 2.32. The molecule has 98 valence electrons. The summed E-state index contributed by atoms with van der Waals surface area (Å²) in [4.78, 5) is 0. The monoisotopic (exact) mass is 248 g/mol. The van der Waals surface area contributed by atoms with E-state index in [1.54, 1.807) is 6.92 Å². The highest BCUT2D eigenvalue weighted by atomic mass is 16.5. The SMILES string of the molecule is CCOc1cccc(CC(C)N)c1OC(C)C#N. The molecule has 0 spiro atoms. The first-order valence-corrected chi connectivity index (χ1v) is 6.15. The molecular weight excluding hydrogens is 228 g/mol. The quantitative estimate of drug-likeness (QED) is 0.838. The molecule has 0 aromatic heterocycles. The van der Waals surface area contributed by atoms with Crippen molar-refractivity contribution in [2.24, 2.45) is 5.73 Å². The van der Waals surface area contributed by atoms with Crippen molar-refractivity contribution in [1.82, 2.24) is 0 Å². The standard InChI is InChI=1S/C14H20N2O2/c1-4-17-13-7-5-6-12(8-10(2)16)14(13)18-11(3)9-15/h5-7,10-11H,4,8,16H2,1-3H3. The maximum Gasteiger partial charge on any atom is 0.181 e. The first kappa shape index (κ1) is 14.3. The number of benzene rings is 1. The van der Waals surface area contributed by atoms with Crippen molar-refractivity contribution in [2.75, 3.05) is 6.61 Å². The van der Waals surface area contributed by atoms with Crippen LogP contribution in [0.25, 0.3) is 0 Å². The van der Waals surface area contributed by atoms with E-state index >= 15 is 0 Å². The third kappa shape index (κ3) is 3.94. The third-order valence-electron chi connectivity index (χ3n) is 2.38. The first-order valence-electron chi connectivity index (χ1n) is 6.15. The topological polar surface area (TPSA) is 68.3 Å². The van der Waals surface area contributed by atoms with Crippen molar-refractivity contribution >= 4 is 0 Å². The van der Waals surface area contributed by atoms with Crippen molar-refractivity contribution in [2.45, 2.75) is 39.3 Å². The normalized spacial score (nSPS) is 13.5. The number of nitrogens with two attached hydrogens (primary N) is 1. The lowest BCUT2D eigenvalue weighted by atomic mass is 10.1. The van der Waals surface area contributed by atoms with Crippen LogP contribution in [0.5, 0.6) is 11.5 Å². The Kier molecular flexibility index (Phi) is 5.47. The molecule has 0 bridgehead atoms. The molecule has 0 heterocycles. The van der Waals surface area contributed by atoms with Crippen LogP contribution in [-0.4, -0.2) is 18.8 Å². The zero-order valence-corrected chi connectivity index (χ0v) is 11.1. The average molecular weight is 248 g/mol. The fraction of sp³-hybridized carbons (Fsp3) is 0.500. The highest BCUT2D eigenvalue weighted by Crippen LogP contribution is 2.32. The summed E-state index contributed by atoms with van der Waals surface area (Å²) in [6.45, 7) is 6.11. The molecule has 0 fully saturated rings. The number of nitriles is 1. The van der Waals surface area contributed by atoms with E-state index in [0.717, 1.165) is 5.56 Å². The molecule has 0 aliphatic rings. The van der Waals surface area contributed by atoms with Crippen molar-refractivity contribution in [3.05, 3.63) is 23.8 Å². The van der Waals surface area contributed by atoms with E-state index in [-0.39, 0.29) is 6.04 Å². The minimum atomic E-state index is -0.515. The summed E-state index contributed by atoms with van der Waals surface area (Å²) >= 11 is 0. The molecule has 0 saturated carbocycles. The molecule has 0 aliphatic carbocycles. The van der Waals surface area contributed by atoms with Gasteiger partial charge >= 0.3 is 0 Å². The predicted molar refractivity (Wildman–Crippen MR) is 70.7 cm³/mol. The molecule has 2 N–H and O–H groups in total. The zero-order valence-electron chi connectivity index (χ0n) is 11.1. The molecule has 0 amide bonds. The van der Waals surface area contributed by atoms with E-state index in [1.165, 1.54) is 0 Å². The molecule has 2 atom stereocenters. The summed E-state index contributed by atoms with van der Waals surface area (Å²) in [5, 5.41) is 8.85. The van der Waals surface area contributed by atoms with Gasteiger partial charge in [0, 0.05) is 6.04 Å². The minimum Gasteiger partial charge on any atom is -0.490 e. The summed E-state index contributed by atoms with van der Waals surface area (Å²) < 4.78 is 11.2. The second-order valence-electron chi connectivity index (χ2n) is 4.25. The van der Waals surface area contributed by atoms with Crippen LogP contribution in [-0.2, 0) is 6.42 Å². The number of nitrogens with zero attached hydrogens (tertiary/aromatic N) is 1. The van der Waals surface area contributed by atoms with Gasteiger partial charge in [0.25, 0.3) is 0 Å². The van der Waals surface area contributed by atoms with Crippen LogP contribution in [0.3, 0.4) is 0 Å². The van der Waals surface area contributed by atoms with Gasteiger partial charge in [-0.05, 0) is 38.8 Å². The largest absolute Gasteiger partial charge is 0.490 e. The Morgan fingerprint density at radius 2 is 2.11 bits per heavy atom. The smallest absolute Gasteiger partial charge is 0.181 e. The van der Waals surface area contributed by atoms with Crippen LogP contribution in [0, 0.1) is 11.3 Å². The third-order valence-corrected chi connectivity index (χ3v) is 2.38. The first-order chi connectivity index (χ1) is 8.58. The molecule has 0 saturated heterocycles. The van der Waals surface area contributed by atoms with Crippen molar-refractivity contribution in [3.8, 4) is 17.6 Å². The Labute approximate surface area is 108 Å². The number of hydrogen-bond acceptors (Lipinski definition) is 4. The molecule has 18 heavy (non-hydrogen) atoms. The lowest BCUT2D eigenvalue weighted by Crippen LogP contribution is -2.19. The summed E-state index contributed by atoms with van der Waals surface area (Å²) in [5.41, 5.74) is 6.79. The Morgan fingerprint density at radius 3 is 2.67 bits per heavy atom. The van der Waals surface area contributed by atoms with E-state index in [2.05, 4.69) is 6.07 Å². The predicted octanol–water partition coefficient (Wildman–Crippen LogP) is 2.27. The highest BCUT2D eigenvalue weighted by molar-refractivity contribution is 5.47.